The standard InChI is InChI=1S/C32H46FNO5/c1-5-37-31-14-9-13-28(29(31)12-7-8-15-32(36)38-6-2)24(4)39-22-27(35)21-34-18-10-11-26(34)19-25-17-16-23(3)30(33)20-25/h9,13-14,16-17,20,24,26-27,35H,5-8,10-12,15,18-19,21-22H2,1-4H3/t24-,26+,27-/m1/s1. The Morgan fingerprint density at radius 3 is 2.74 bits per heavy atom. The van der Waals surface area contributed by atoms with Crippen LogP contribution in [-0.4, -0.2) is 61.0 Å². The summed E-state index contributed by atoms with van der Waals surface area (Å²) < 4.78 is 31.1. The van der Waals surface area contributed by atoms with Crippen molar-refractivity contribution in [3.05, 3.63) is 64.5 Å². The van der Waals surface area contributed by atoms with Crippen molar-refractivity contribution in [2.24, 2.45) is 0 Å². The predicted octanol–water partition coefficient (Wildman–Crippen LogP) is 5.95. The molecule has 39 heavy (non-hydrogen) atoms. The number of unbranched alkanes of at least 4 members (excludes halogenated alkanes) is 1. The van der Waals surface area contributed by atoms with Crippen molar-refractivity contribution in [3.63, 3.8) is 0 Å². The average Bonchev–Trinajstić information content (AvgIpc) is 3.34. The van der Waals surface area contributed by atoms with E-state index in [2.05, 4.69) is 11.0 Å². The normalized spacial score (nSPS) is 17.2. The summed E-state index contributed by atoms with van der Waals surface area (Å²) >= 11 is 0. The molecule has 7 heteroatoms. The van der Waals surface area contributed by atoms with E-state index < -0.39 is 6.10 Å². The fraction of sp³-hybridized carbons (Fsp3) is 0.594. The number of esters is 1. The Morgan fingerprint density at radius 2 is 2.00 bits per heavy atom. The van der Waals surface area contributed by atoms with Gasteiger partial charge in [-0.2, -0.15) is 0 Å². The van der Waals surface area contributed by atoms with Gasteiger partial charge in [0.05, 0.1) is 32.0 Å². The molecule has 0 radical (unpaired) electrons. The quantitative estimate of drug-likeness (QED) is 0.208. The molecule has 2 aromatic carbocycles. The maximum atomic E-state index is 14.0. The van der Waals surface area contributed by atoms with Gasteiger partial charge in [-0.1, -0.05) is 24.3 Å². The highest BCUT2D eigenvalue weighted by atomic mass is 19.1. The lowest BCUT2D eigenvalue weighted by molar-refractivity contribution is -0.143. The number of hydrogen-bond donors (Lipinski definition) is 1. The lowest BCUT2D eigenvalue weighted by Crippen LogP contribution is -2.39. The second-order valence-electron chi connectivity index (χ2n) is 10.5. The molecule has 1 N–H and O–H groups in total. The molecule has 0 bridgehead atoms. The van der Waals surface area contributed by atoms with Crippen molar-refractivity contribution in [1.82, 2.24) is 4.90 Å². The molecule has 0 saturated carbocycles. The zero-order chi connectivity index (χ0) is 28.2. The van der Waals surface area contributed by atoms with Gasteiger partial charge in [0.1, 0.15) is 11.6 Å². The minimum absolute atomic E-state index is 0.159. The summed E-state index contributed by atoms with van der Waals surface area (Å²) in [5, 5.41) is 10.9. The largest absolute Gasteiger partial charge is 0.494 e. The number of ether oxygens (including phenoxy) is 3. The lowest BCUT2D eigenvalue weighted by Gasteiger charge is -2.28. The highest BCUT2D eigenvalue weighted by molar-refractivity contribution is 5.69. The van der Waals surface area contributed by atoms with E-state index in [0.717, 1.165) is 67.5 Å². The molecule has 1 aliphatic heterocycles. The van der Waals surface area contributed by atoms with Crippen LogP contribution in [0.25, 0.3) is 0 Å². The molecule has 6 nitrogen and oxygen atoms in total. The Kier molecular flexibility index (Phi) is 12.7. The summed E-state index contributed by atoms with van der Waals surface area (Å²) in [6.07, 6.45) is 4.84. The Labute approximate surface area is 233 Å². The molecular formula is C32H46FNO5. The molecule has 0 amide bonds. The number of carbonyl (C=O) groups excluding carboxylic acids is 1. The van der Waals surface area contributed by atoms with E-state index >= 15 is 0 Å². The van der Waals surface area contributed by atoms with E-state index in [0.29, 0.717) is 37.8 Å². The zero-order valence-electron chi connectivity index (χ0n) is 24.1. The average molecular weight is 544 g/mol. The molecule has 1 heterocycles. The van der Waals surface area contributed by atoms with Gasteiger partial charge in [0, 0.05) is 19.0 Å². The summed E-state index contributed by atoms with van der Waals surface area (Å²) in [6.45, 7) is 10.2. The summed E-state index contributed by atoms with van der Waals surface area (Å²) in [5.41, 5.74) is 3.80. The first-order chi connectivity index (χ1) is 18.8. The molecule has 0 spiro atoms. The van der Waals surface area contributed by atoms with E-state index in [9.17, 15) is 14.3 Å². The van der Waals surface area contributed by atoms with Crippen LogP contribution >= 0.6 is 0 Å². The lowest BCUT2D eigenvalue weighted by atomic mass is 9.97. The maximum Gasteiger partial charge on any atom is 0.305 e. The number of aryl methyl sites for hydroxylation is 1. The van der Waals surface area contributed by atoms with Crippen LogP contribution in [0.4, 0.5) is 4.39 Å². The fourth-order valence-corrected chi connectivity index (χ4v) is 5.40. The molecule has 1 fully saturated rings. The summed E-state index contributed by atoms with van der Waals surface area (Å²) in [7, 11) is 0. The van der Waals surface area contributed by atoms with E-state index in [1.165, 1.54) is 0 Å². The van der Waals surface area contributed by atoms with Crippen LogP contribution in [0.2, 0.25) is 0 Å². The second kappa shape index (κ2) is 15.9. The van der Waals surface area contributed by atoms with Gasteiger partial charge in [-0.05, 0) is 107 Å². The van der Waals surface area contributed by atoms with Crippen LogP contribution in [-0.2, 0) is 27.1 Å². The first kappa shape index (κ1) is 31.1. The van der Waals surface area contributed by atoms with Crippen LogP contribution in [0.15, 0.2) is 36.4 Å². The van der Waals surface area contributed by atoms with Crippen molar-refractivity contribution in [1.29, 1.82) is 0 Å². The topological polar surface area (TPSA) is 68.2 Å². The molecule has 3 atom stereocenters. The predicted molar refractivity (Wildman–Crippen MR) is 152 cm³/mol. The third-order valence-corrected chi connectivity index (χ3v) is 7.46. The number of likely N-dealkylation sites (tertiary alicyclic amines) is 1. The molecule has 2 aromatic rings. The molecule has 1 aliphatic rings. The highest BCUT2D eigenvalue weighted by Crippen LogP contribution is 2.31. The van der Waals surface area contributed by atoms with Crippen molar-refractivity contribution < 1.29 is 28.5 Å². The molecule has 1 saturated heterocycles. The number of halogens is 1. The number of carbonyl (C=O) groups is 1. The maximum absolute atomic E-state index is 14.0. The summed E-state index contributed by atoms with van der Waals surface area (Å²) in [5.74, 6) is 0.522. The van der Waals surface area contributed by atoms with Gasteiger partial charge in [-0.15, -0.1) is 0 Å². The van der Waals surface area contributed by atoms with Gasteiger partial charge in [-0.25, -0.2) is 4.39 Å². The number of nitrogens with zero attached hydrogens (tertiary/aromatic N) is 1. The van der Waals surface area contributed by atoms with Crippen LogP contribution < -0.4 is 4.74 Å². The van der Waals surface area contributed by atoms with Crippen molar-refractivity contribution in [2.75, 3.05) is 32.9 Å². The summed E-state index contributed by atoms with van der Waals surface area (Å²) in [6, 6.07) is 11.8. The minimum Gasteiger partial charge on any atom is -0.494 e. The van der Waals surface area contributed by atoms with Crippen molar-refractivity contribution in [2.45, 2.75) is 90.9 Å². The SMILES string of the molecule is CCOC(=O)CCCCc1c(OCC)cccc1[C@@H](C)OC[C@H](O)CN1CCC[C@H]1Cc1ccc(C)c(F)c1. The first-order valence-electron chi connectivity index (χ1n) is 14.5. The van der Waals surface area contributed by atoms with Crippen molar-refractivity contribution in [3.8, 4) is 5.75 Å². The van der Waals surface area contributed by atoms with E-state index in [4.69, 9.17) is 14.2 Å². The zero-order valence-corrected chi connectivity index (χ0v) is 24.1. The number of aliphatic hydroxyl groups is 1. The van der Waals surface area contributed by atoms with Crippen LogP contribution in [0.1, 0.15) is 81.2 Å². The number of aliphatic hydroxyl groups excluding tert-OH is 1. The molecular weight excluding hydrogens is 497 g/mol. The fourth-order valence-electron chi connectivity index (χ4n) is 5.40. The molecule has 216 valence electrons. The van der Waals surface area contributed by atoms with Gasteiger partial charge in [0.2, 0.25) is 0 Å². The van der Waals surface area contributed by atoms with Crippen LogP contribution in [0.3, 0.4) is 0 Å². The Hall–Kier alpha value is -2.48. The Bertz CT molecular complexity index is 1050. The van der Waals surface area contributed by atoms with Crippen molar-refractivity contribution >= 4 is 5.97 Å². The van der Waals surface area contributed by atoms with Gasteiger partial charge < -0.3 is 19.3 Å². The van der Waals surface area contributed by atoms with E-state index in [-0.39, 0.29) is 24.5 Å². The number of hydrogen-bond acceptors (Lipinski definition) is 6. The number of β-amino-alcohol motifs (C(OH)–C–C–N with tert-alkyl or cyclic N) is 1. The molecule has 0 aliphatic carbocycles. The van der Waals surface area contributed by atoms with Gasteiger partial charge in [-0.3, -0.25) is 9.69 Å². The minimum atomic E-state index is -0.620. The molecule has 0 aromatic heterocycles. The smallest absolute Gasteiger partial charge is 0.305 e. The van der Waals surface area contributed by atoms with Gasteiger partial charge in [0.15, 0.2) is 0 Å². The van der Waals surface area contributed by atoms with E-state index in [1.807, 2.05) is 45.0 Å². The highest BCUT2D eigenvalue weighted by Gasteiger charge is 2.27. The van der Waals surface area contributed by atoms with Crippen LogP contribution in [0.5, 0.6) is 5.75 Å². The third kappa shape index (κ3) is 9.59. The Balaban J connectivity index is 1.55. The summed E-state index contributed by atoms with van der Waals surface area (Å²) in [4.78, 5) is 14.0. The number of benzene rings is 2. The first-order valence-corrected chi connectivity index (χ1v) is 14.5. The number of rotatable bonds is 16. The van der Waals surface area contributed by atoms with E-state index in [1.54, 1.807) is 13.0 Å². The van der Waals surface area contributed by atoms with Crippen LogP contribution in [0, 0.1) is 12.7 Å². The second-order valence-corrected chi connectivity index (χ2v) is 10.5. The molecule has 0 unspecified atom stereocenters. The third-order valence-electron chi connectivity index (χ3n) is 7.46. The van der Waals surface area contributed by atoms with Gasteiger partial charge in [0.25, 0.3) is 0 Å². The van der Waals surface area contributed by atoms with Gasteiger partial charge >= 0.3 is 5.97 Å². The monoisotopic (exact) mass is 543 g/mol. The Morgan fingerprint density at radius 1 is 1.18 bits per heavy atom. The molecule has 3 rings (SSSR count).